The van der Waals surface area contributed by atoms with Crippen molar-refractivity contribution < 1.29 is 4.79 Å². The summed E-state index contributed by atoms with van der Waals surface area (Å²) in [7, 11) is 0. The Kier molecular flexibility index (Phi) is 3.03. The first-order valence-electron chi connectivity index (χ1n) is 4.32. The highest BCUT2D eigenvalue weighted by molar-refractivity contribution is 7.09. The number of benzene rings is 1. The molecular formula is C8H8N6OS. The van der Waals surface area contributed by atoms with Crippen molar-refractivity contribution in [2.24, 2.45) is 5.84 Å². The van der Waals surface area contributed by atoms with Crippen molar-refractivity contribution in [3.05, 3.63) is 29.8 Å². The number of anilines is 2. The van der Waals surface area contributed by atoms with Crippen LogP contribution in [0.1, 0.15) is 10.4 Å². The van der Waals surface area contributed by atoms with Gasteiger partial charge in [0.2, 0.25) is 5.13 Å². The average molecular weight is 236 g/mol. The lowest BCUT2D eigenvalue weighted by atomic mass is 10.2. The first-order chi connectivity index (χ1) is 7.79. The Labute approximate surface area is 94.8 Å². The molecule has 0 aliphatic carbocycles. The maximum absolute atomic E-state index is 11.7. The van der Waals surface area contributed by atoms with E-state index in [2.05, 4.69) is 25.5 Å². The van der Waals surface area contributed by atoms with Gasteiger partial charge in [-0.15, -0.1) is 0 Å². The summed E-state index contributed by atoms with van der Waals surface area (Å²) in [5, 5.41) is 9.92. The molecule has 8 heteroatoms. The van der Waals surface area contributed by atoms with E-state index in [-0.39, 0.29) is 5.91 Å². The molecule has 2 rings (SSSR count). The van der Waals surface area contributed by atoms with Gasteiger partial charge in [-0.1, -0.05) is 9.59 Å². The van der Waals surface area contributed by atoms with Crippen molar-refractivity contribution in [1.82, 2.24) is 14.8 Å². The summed E-state index contributed by atoms with van der Waals surface area (Å²) in [6.07, 6.45) is 0. The number of rotatable bonds is 3. The highest BCUT2D eigenvalue weighted by Gasteiger charge is 2.07. The van der Waals surface area contributed by atoms with Crippen LogP contribution in [0.3, 0.4) is 0 Å². The molecule has 1 amide bonds. The molecule has 2 aromatic rings. The maximum atomic E-state index is 11.7. The van der Waals surface area contributed by atoms with Gasteiger partial charge in [-0.25, -0.2) is 0 Å². The Bertz CT molecular complexity index is 468. The Morgan fingerprint density at radius 3 is 2.62 bits per heavy atom. The Morgan fingerprint density at radius 2 is 2.06 bits per heavy atom. The third-order valence-corrected chi connectivity index (χ3v) is 2.34. The molecule has 0 unspecified atom stereocenters. The van der Waals surface area contributed by atoms with Crippen LogP contribution in [0.5, 0.6) is 0 Å². The number of carbonyl (C=O) groups excluding carboxylic acids is 1. The van der Waals surface area contributed by atoms with Crippen molar-refractivity contribution in [1.29, 1.82) is 0 Å². The molecule has 4 N–H and O–H groups in total. The number of nitrogens with zero attached hydrogens (tertiary/aromatic N) is 3. The smallest absolute Gasteiger partial charge is 0.257 e. The quantitative estimate of drug-likeness (QED) is 0.528. The van der Waals surface area contributed by atoms with Crippen LogP contribution in [-0.4, -0.2) is 20.7 Å². The highest BCUT2D eigenvalue weighted by Crippen LogP contribution is 2.11. The van der Waals surface area contributed by atoms with Gasteiger partial charge in [0, 0.05) is 22.8 Å². The summed E-state index contributed by atoms with van der Waals surface area (Å²) in [5.74, 6) is 4.95. The van der Waals surface area contributed by atoms with Crippen LogP contribution < -0.4 is 16.6 Å². The molecule has 0 aliphatic heterocycles. The standard InChI is InChI=1S/C8H8N6OS/c9-11-6-3-1-5(2-4-6)7(15)10-8-12-13-14-16-8/h1-4,11H,9H2,(H,10,12,14,15). The number of nitrogens with one attached hydrogen (secondary N) is 2. The van der Waals surface area contributed by atoms with Crippen LogP contribution in [0.25, 0.3) is 0 Å². The van der Waals surface area contributed by atoms with Crippen molar-refractivity contribution >= 4 is 28.3 Å². The molecule has 0 atom stereocenters. The van der Waals surface area contributed by atoms with E-state index < -0.39 is 0 Å². The lowest BCUT2D eigenvalue weighted by molar-refractivity contribution is 0.102. The topological polar surface area (TPSA) is 106 Å². The number of hydrogen-bond acceptors (Lipinski definition) is 7. The van der Waals surface area contributed by atoms with E-state index >= 15 is 0 Å². The molecule has 0 aliphatic rings. The fraction of sp³-hybridized carbons (Fsp3) is 0. The van der Waals surface area contributed by atoms with Gasteiger partial charge in [0.25, 0.3) is 5.91 Å². The second-order valence-electron chi connectivity index (χ2n) is 2.84. The number of hydrazine groups is 1. The molecule has 7 nitrogen and oxygen atoms in total. The summed E-state index contributed by atoms with van der Waals surface area (Å²) in [5.41, 5.74) is 3.72. The maximum Gasteiger partial charge on any atom is 0.257 e. The number of aromatic nitrogens is 3. The van der Waals surface area contributed by atoms with Crippen LogP contribution in [0.15, 0.2) is 24.3 Å². The second kappa shape index (κ2) is 4.64. The molecule has 0 radical (unpaired) electrons. The zero-order valence-corrected chi connectivity index (χ0v) is 8.86. The third-order valence-electron chi connectivity index (χ3n) is 1.83. The normalized spacial score (nSPS) is 9.81. The van der Waals surface area contributed by atoms with E-state index in [0.29, 0.717) is 10.7 Å². The van der Waals surface area contributed by atoms with Gasteiger partial charge in [0.05, 0.1) is 0 Å². The lowest BCUT2D eigenvalue weighted by Gasteiger charge is -2.02. The zero-order chi connectivity index (χ0) is 11.4. The molecule has 1 heterocycles. The number of carbonyl (C=O) groups is 1. The van der Waals surface area contributed by atoms with Gasteiger partial charge < -0.3 is 5.43 Å². The molecule has 0 spiro atoms. The lowest BCUT2D eigenvalue weighted by Crippen LogP contribution is -2.12. The van der Waals surface area contributed by atoms with Crippen LogP contribution in [0.4, 0.5) is 10.8 Å². The Morgan fingerprint density at radius 1 is 1.31 bits per heavy atom. The van der Waals surface area contributed by atoms with Crippen molar-refractivity contribution in [2.75, 3.05) is 10.7 Å². The molecule has 0 saturated heterocycles. The molecule has 0 saturated carbocycles. The fourth-order valence-corrected chi connectivity index (χ4v) is 1.43. The van der Waals surface area contributed by atoms with Crippen LogP contribution >= 0.6 is 11.5 Å². The van der Waals surface area contributed by atoms with Gasteiger partial charge in [-0.05, 0) is 29.5 Å². The minimum absolute atomic E-state index is 0.262. The molecule has 0 bridgehead atoms. The minimum Gasteiger partial charge on any atom is -0.324 e. The largest absolute Gasteiger partial charge is 0.324 e. The van der Waals surface area contributed by atoms with E-state index in [1.165, 1.54) is 0 Å². The van der Waals surface area contributed by atoms with Crippen molar-refractivity contribution in [2.45, 2.75) is 0 Å². The van der Waals surface area contributed by atoms with E-state index in [0.717, 1.165) is 17.2 Å². The van der Waals surface area contributed by atoms with Gasteiger partial charge in [-0.2, -0.15) is 0 Å². The minimum atomic E-state index is -0.262. The predicted octanol–water partition coefficient (Wildman–Crippen LogP) is 0.471. The van der Waals surface area contributed by atoms with Crippen LogP contribution in [0.2, 0.25) is 0 Å². The number of nitrogens with two attached hydrogens (primary N) is 1. The van der Waals surface area contributed by atoms with E-state index in [1.54, 1.807) is 24.3 Å². The van der Waals surface area contributed by atoms with Crippen LogP contribution in [-0.2, 0) is 0 Å². The van der Waals surface area contributed by atoms with Crippen LogP contribution in [0, 0.1) is 0 Å². The monoisotopic (exact) mass is 236 g/mol. The van der Waals surface area contributed by atoms with Crippen molar-refractivity contribution in [3.63, 3.8) is 0 Å². The van der Waals surface area contributed by atoms with E-state index in [4.69, 9.17) is 5.84 Å². The Balaban J connectivity index is 2.09. The number of hydrogen-bond donors (Lipinski definition) is 3. The van der Waals surface area contributed by atoms with E-state index in [9.17, 15) is 4.79 Å². The molecular weight excluding hydrogens is 228 g/mol. The summed E-state index contributed by atoms with van der Waals surface area (Å²) >= 11 is 1.02. The van der Waals surface area contributed by atoms with Gasteiger partial charge in [0.1, 0.15) is 0 Å². The summed E-state index contributed by atoms with van der Waals surface area (Å²) in [6, 6.07) is 6.71. The number of nitrogen functional groups attached to an aromatic ring is 1. The van der Waals surface area contributed by atoms with Gasteiger partial charge in [0.15, 0.2) is 0 Å². The molecule has 1 aromatic carbocycles. The first-order valence-corrected chi connectivity index (χ1v) is 5.10. The summed E-state index contributed by atoms with van der Waals surface area (Å²) in [6.45, 7) is 0. The average Bonchev–Trinajstić information content (AvgIpc) is 2.82. The first kappa shape index (κ1) is 10.5. The highest BCUT2D eigenvalue weighted by atomic mass is 32.1. The molecule has 1 aromatic heterocycles. The third kappa shape index (κ3) is 2.30. The zero-order valence-electron chi connectivity index (χ0n) is 8.04. The molecule has 16 heavy (non-hydrogen) atoms. The molecule has 0 fully saturated rings. The SMILES string of the molecule is NNc1ccc(C(=O)Nc2nnns2)cc1. The second-order valence-corrected chi connectivity index (χ2v) is 3.58. The molecule has 82 valence electrons. The van der Waals surface area contributed by atoms with Gasteiger partial charge in [-0.3, -0.25) is 16.0 Å². The summed E-state index contributed by atoms with van der Waals surface area (Å²) < 4.78 is 3.54. The van der Waals surface area contributed by atoms with Gasteiger partial charge >= 0.3 is 0 Å². The van der Waals surface area contributed by atoms with Crippen molar-refractivity contribution in [3.8, 4) is 0 Å². The Hall–Kier alpha value is -2.06. The van der Waals surface area contributed by atoms with E-state index in [1.807, 2.05) is 0 Å². The summed E-state index contributed by atoms with van der Waals surface area (Å²) in [4.78, 5) is 11.7. The predicted molar refractivity (Wildman–Crippen MR) is 59.9 cm³/mol. The number of amides is 1. The fourth-order valence-electron chi connectivity index (χ4n) is 1.07.